The van der Waals surface area contributed by atoms with E-state index in [4.69, 9.17) is 14.2 Å². The van der Waals surface area contributed by atoms with Gasteiger partial charge in [-0.2, -0.15) is 0 Å². The van der Waals surface area contributed by atoms with E-state index >= 15 is 0 Å². The topological polar surface area (TPSA) is 68.2 Å². The Balaban J connectivity index is 2.05. The molecule has 27 heavy (non-hydrogen) atoms. The third-order valence-corrected chi connectivity index (χ3v) is 6.41. The molecule has 0 aromatic heterocycles. The van der Waals surface area contributed by atoms with Crippen LogP contribution >= 0.6 is 0 Å². The van der Waals surface area contributed by atoms with Gasteiger partial charge in [0.05, 0.1) is 0 Å². The Morgan fingerprint density at radius 2 is 1.74 bits per heavy atom. The van der Waals surface area contributed by atoms with Gasteiger partial charge in [0.1, 0.15) is 0 Å². The van der Waals surface area contributed by atoms with Gasteiger partial charge in [-0.3, -0.25) is 0 Å². The van der Waals surface area contributed by atoms with Gasteiger partial charge in [-0.15, -0.1) is 0 Å². The minimum atomic E-state index is -0.179. The van der Waals surface area contributed by atoms with Crippen LogP contribution in [-0.2, 0) is 4.79 Å². The Labute approximate surface area is 165 Å². The monoisotopic (exact) mass is 437 g/mol. The minimum absolute atomic E-state index is 0.0390. The van der Waals surface area contributed by atoms with Crippen LogP contribution in [0.25, 0.3) is 0 Å². The molecule has 2 atom stereocenters. The summed E-state index contributed by atoms with van der Waals surface area (Å²) >= 11 is 0.169. The number of phenolic OH excluding ortho intramolecular Hbond substituents is 1. The predicted octanol–water partition coefficient (Wildman–Crippen LogP) is 2.52. The summed E-state index contributed by atoms with van der Waals surface area (Å²) in [6.45, 7) is 1.90. The van der Waals surface area contributed by atoms with E-state index in [0.717, 1.165) is 15.7 Å². The Hall–Kier alpha value is -2.37. The maximum absolute atomic E-state index is 12.7. The molecule has 0 bridgehead atoms. The van der Waals surface area contributed by atoms with Gasteiger partial charge in [0.25, 0.3) is 0 Å². The van der Waals surface area contributed by atoms with Crippen molar-refractivity contribution in [3.8, 4) is 23.0 Å². The molecule has 144 valence electrons. The fraction of sp³-hybridized carbons (Fsp3) is 0.350. The summed E-state index contributed by atoms with van der Waals surface area (Å²) in [5, 5.41) is 10.1. The maximum atomic E-state index is 12.7. The zero-order valence-corrected chi connectivity index (χ0v) is 17.7. The van der Waals surface area contributed by atoms with Crippen LogP contribution in [0.5, 0.6) is 23.0 Å². The number of phenols is 1. The number of methoxy groups -OCH3 is 3. The zero-order valence-electron chi connectivity index (χ0n) is 16.0. The molecule has 7 heteroatoms. The summed E-state index contributed by atoms with van der Waals surface area (Å²) < 4.78 is 17.1. The SMILES string of the molecule is COc1ccc([C@H]2[C@@H](C)C(=O)N2c2cc(OC)c(OC)c([Se]C)c2)cc1O. The van der Waals surface area contributed by atoms with E-state index in [1.807, 2.05) is 25.1 Å². The van der Waals surface area contributed by atoms with Crippen molar-refractivity contribution < 1.29 is 24.1 Å². The first-order chi connectivity index (χ1) is 13.0. The van der Waals surface area contributed by atoms with E-state index in [9.17, 15) is 9.90 Å². The molecule has 1 saturated heterocycles. The average Bonchev–Trinajstić information content (AvgIpc) is 2.69. The van der Waals surface area contributed by atoms with Crippen LogP contribution in [0.2, 0.25) is 5.82 Å². The first kappa shape index (κ1) is 19.4. The van der Waals surface area contributed by atoms with Gasteiger partial charge in [0, 0.05) is 0 Å². The van der Waals surface area contributed by atoms with Crippen molar-refractivity contribution in [2.24, 2.45) is 5.92 Å². The standard InChI is InChI=1S/C20H23NO5Se/c1-11-18(12-6-7-15(24-2)14(22)8-12)21(20(11)23)13-9-16(25-3)19(26-4)17(10-13)27-5/h6-11,18,22H,1-5H3/t11-,18-/m1/s1. The quantitative estimate of drug-likeness (QED) is 0.557. The molecule has 6 nitrogen and oxygen atoms in total. The summed E-state index contributed by atoms with van der Waals surface area (Å²) in [7, 11) is 4.72. The Morgan fingerprint density at radius 1 is 1.04 bits per heavy atom. The second-order valence-electron chi connectivity index (χ2n) is 6.26. The van der Waals surface area contributed by atoms with E-state index in [2.05, 4.69) is 5.82 Å². The fourth-order valence-electron chi connectivity index (χ4n) is 3.46. The van der Waals surface area contributed by atoms with Crippen molar-refractivity contribution in [1.82, 2.24) is 0 Å². The van der Waals surface area contributed by atoms with Crippen molar-refractivity contribution in [3.05, 3.63) is 35.9 Å². The number of nitrogens with zero attached hydrogens (tertiary/aromatic N) is 1. The summed E-state index contributed by atoms with van der Waals surface area (Å²) in [6.07, 6.45) is 0. The fourth-order valence-corrected chi connectivity index (χ4v) is 4.73. The van der Waals surface area contributed by atoms with Gasteiger partial charge >= 0.3 is 165 Å². The van der Waals surface area contributed by atoms with E-state index in [1.54, 1.807) is 31.3 Å². The van der Waals surface area contributed by atoms with Gasteiger partial charge in [-0.1, -0.05) is 0 Å². The van der Waals surface area contributed by atoms with Crippen molar-refractivity contribution in [3.63, 3.8) is 0 Å². The summed E-state index contributed by atoms with van der Waals surface area (Å²) in [5.41, 5.74) is 1.63. The van der Waals surface area contributed by atoms with Crippen LogP contribution in [0, 0.1) is 5.92 Å². The Morgan fingerprint density at radius 3 is 2.30 bits per heavy atom. The molecule has 0 radical (unpaired) electrons. The van der Waals surface area contributed by atoms with Crippen LogP contribution in [-0.4, -0.2) is 47.3 Å². The molecule has 1 heterocycles. The number of carbonyl (C=O) groups is 1. The third-order valence-electron chi connectivity index (χ3n) is 4.85. The number of carbonyl (C=O) groups excluding carboxylic acids is 1. The number of hydrogen-bond acceptors (Lipinski definition) is 5. The van der Waals surface area contributed by atoms with Gasteiger partial charge in [-0.05, 0) is 0 Å². The molecule has 0 unspecified atom stereocenters. The van der Waals surface area contributed by atoms with Crippen molar-refractivity contribution in [1.29, 1.82) is 0 Å². The number of amides is 1. The molecule has 3 rings (SSSR count). The second-order valence-corrected chi connectivity index (χ2v) is 8.04. The van der Waals surface area contributed by atoms with E-state index < -0.39 is 0 Å². The van der Waals surface area contributed by atoms with Gasteiger partial charge < -0.3 is 0 Å². The molecule has 1 N–H and O–H groups in total. The van der Waals surface area contributed by atoms with Crippen LogP contribution < -0.4 is 23.6 Å². The van der Waals surface area contributed by atoms with Gasteiger partial charge in [-0.25, -0.2) is 0 Å². The number of aromatic hydroxyl groups is 1. The predicted molar refractivity (Wildman–Crippen MR) is 105 cm³/mol. The van der Waals surface area contributed by atoms with E-state index in [0.29, 0.717) is 17.2 Å². The number of ether oxygens (including phenoxy) is 3. The molecule has 2 aromatic rings. The summed E-state index contributed by atoms with van der Waals surface area (Å²) in [4.78, 5) is 14.4. The summed E-state index contributed by atoms with van der Waals surface area (Å²) in [6, 6.07) is 8.91. The summed E-state index contributed by atoms with van der Waals surface area (Å²) in [5.74, 6) is 3.74. The van der Waals surface area contributed by atoms with Crippen LogP contribution in [0.3, 0.4) is 0 Å². The molecule has 1 aliphatic heterocycles. The molecule has 0 aliphatic carbocycles. The molecule has 0 saturated carbocycles. The molecular formula is C20H23NO5Se. The van der Waals surface area contributed by atoms with Crippen LogP contribution in [0.15, 0.2) is 30.3 Å². The van der Waals surface area contributed by atoms with E-state index in [-0.39, 0.29) is 38.6 Å². The van der Waals surface area contributed by atoms with Gasteiger partial charge in [0.15, 0.2) is 0 Å². The van der Waals surface area contributed by atoms with Crippen molar-refractivity contribution in [2.45, 2.75) is 18.8 Å². The normalized spacial score (nSPS) is 18.9. The Kier molecular flexibility index (Phi) is 5.53. The number of benzene rings is 2. The van der Waals surface area contributed by atoms with Crippen LogP contribution in [0.4, 0.5) is 5.69 Å². The first-order valence-electron chi connectivity index (χ1n) is 8.46. The van der Waals surface area contributed by atoms with Crippen LogP contribution in [0.1, 0.15) is 18.5 Å². The molecule has 1 fully saturated rings. The molecule has 1 aliphatic rings. The zero-order chi connectivity index (χ0) is 19.7. The second kappa shape index (κ2) is 7.70. The number of β-lactam (4-membered cyclic amide) rings is 1. The van der Waals surface area contributed by atoms with E-state index in [1.165, 1.54) is 7.11 Å². The third kappa shape index (κ3) is 3.22. The van der Waals surface area contributed by atoms with Gasteiger partial charge in [0.2, 0.25) is 0 Å². The number of anilines is 1. The van der Waals surface area contributed by atoms with Crippen molar-refractivity contribution >= 4 is 31.0 Å². The number of hydrogen-bond donors (Lipinski definition) is 1. The molecule has 1 amide bonds. The van der Waals surface area contributed by atoms with Crippen molar-refractivity contribution in [2.75, 3.05) is 26.2 Å². The molecule has 0 spiro atoms. The number of rotatable bonds is 6. The molecular weight excluding hydrogens is 413 g/mol. The molecule has 2 aromatic carbocycles. The Bertz CT molecular complexity index is 844. The first-order valence-corrected chi connectivity index (χ1v) is 11.0. The average molecular weight is 436 g/mol.